The summed E-state index contributed by atoms with van der Waals surface area (Å²) in [5.41, 5.74) is 2.64. The summed E-state index contributed by atoms with van der Waals surface area (Å²) in [5, 5.41) is 6.74. The van der Waals surface area contributed by atoms with E-state index in [0.29, 0.717) is 5.02 Å². The maximum absolute atomic E-state index is 12.0. The first-order chi connectivity index (χ1) is 9.13. The molecule has 3 nitrogen and oxygen atoms in total. The second-order valence-electron chi connectivity index (χ2n) is 4.31. The van der Waals surface area contributed by atoms with Crippen molar-refractivity contribution in [3.05, 3.63) is 57.5 Å². The molecule has 1 unspecified atom stereocenters. The number of hydrogen-bond donors (Lipinski definition) is 2. The van der Waals surface area contributed by atoms with Gasteiger partial charge in [0.25, 0.3) is 5.91 Å². The van der Waals surface area contributed by atoms with Gasteiger partial charge in [0.2, 0.25) is 0 Å². The average molecular weight is 338 g/mol. The number of amides is 1. The molecule has 5 heteroatoms. The highest BCUT2D eigenvalue weighted by molar-refractivity contribution is 9.10. The highest BCUT2D eigenvalue weighted by Crippen LogP contribution is 2.35. The van der Waals surface area contributed by atoms with Crippen molar-refractivity contribution in [1.29, 1.82) is 0 Å². The Kier molecular flexibility index (Phi) is 3.21. The van der Waals surface area contributed by atoms with Gasteiger partial charge in [-0.25, -0.2) is 0 Å². The van der Waals surface area contributed by atoms with Crippen LogP contribution in [-0.4, -0.2) is 5.91 Å². The minimum Gasteiger partial charge on any atom is -0.370 e. The molecule has 2 aromatic carbocycles. The lowest BCUT2D eigenvalue weighted by atomic mass is 10.1. The number of rotatable bonds is 2. The number of fused-ring (bicyclic) bond motifs is 1. The SMILES string of the molecule is O=C1Nc2ccc(Br)cc2C1Nc1ccc(Cl)cc1. The van der Waals surface area contributed by atoms with E-state index in [1.54, 1.807) is 12.1 Å². The lowest BCUT2D eigenvalue weighted by Crippen LogP contribution is -2.19. The van der Waals surface area contributed by atoms with E-state index in [2.05, 4.69) is 26.6 Å². The topological polar surface area (TPSA) is 41.1 Å². The predicted octanol–water partition coefficient (Wildman–Crippen LogP) is 4.21. The molecule has 0 bridgehead atoms. The monoisotopic (exact) mass is 336 g/mol. The van der Waals surface area contributed by atoms with Crippen LogP contribution in [-0.2, 0) is 4.79 Å². The summed E-state index contributed by atoms with van der Waals surface area (Å²) in [4.78, 5) is 12.0. The quantitative estimate of drug-likeness (QED) is 0.862. The molecule has 0 saturated heterocycles. The zero-order chi connectivity index (χ0) is 13.4. The lowest BCUT2D eigenvalue weighted by Gasteiger charge is -2.13. The van der Waals surface area contributed by atoms with E-state index in [-0.39, 0.29) is 11.9 Å². The van der Waals surface area contributed by atoms with Gasteiger partial charge in [-0.3, -0.25) is 4.79 Å². The summed E-state index contributed by atoms with van der Waals surface area (Å²) < 4.78 is 0.950. The number of anilines is 2. The van der Waals surface area contributed by atoms with Gasteiger partial charge in [0.1, 0.15) is 6.04 Å². The Morgan fingerprint density at radius 3 is 2.63 bits per heavy atom. The largest absolute Gasteiger partial charge is 0.370 e. The zero-order valence-corrected chi connectivity index (χ0v) is 12.1. The van der Waals surface area contributed by atoms with Crippen molar-refractivity contribution < 1.29 is 4.79 Å². The van der Waals surface area contributed by atoms with Crippen LogP contribution in [0.5, 0.6) is 0 Å². The zero-order valence-electron chi connectivity index (χ0n) is 9.78. The predicted molar refractivity (Wildman–Crippen MR) is 80.6 cm³/mol. The summed E-state index contributed by atoms with van der Waals surface area (Å²) in [7, 11) is 0. The third kappa shape index (κ3) is 2.46. The first kappa shape index (κ1) is 12.5. The average Bonchev–Trinajstić information content (AvgIpc) is 2.69. The van der Waals surface area contributed by atoms with Gasteiger partial charge in [0.05, 0.1) is 0 Å². The third-order valence-corrected chi connectivity index (χ3v) is 3.75. The summed E-state index contributed by atoms with van der Waals surface area (Å²) >= 11 is 9.27. The molecule has 0 radical (unpaired) electrons. The normalized spacial score (nSPS) is 16.9. The number of carbonyl (C=O) groups is 1. The van der Waals surface area contributed by atoms with Crippen LogP contribution in [0.25, 0.3) is 0 Å². The standard InChI is InChI=1S/C14H10BrClN2O/c15-8-1-6-12-11(7-8)13(14(19)18-12)17-10-4-2-9(16)3-5-10/h1-7,13,17H,(H,18,19). The molecule has 0 aliphatic carbocycles. The van der Waals surface area contributed by atoms with Gasteiger partial charge in [-0.15, -0.1) is 0 Å². The van der Waals surface area contributed by atoms with Crippen LogP contribution in [0.4, 0.5) is 11.4 Å². The molecular weight excluding hydrogens is 328 g/mol. The Morgan fingerprint density at radius 2 is 1.89 bits per heavy atom. The van der Waals surface area contributed by atoms with Crippen molar-refractivity contribution in [3.63, 3.8) is 0 Å². The van der Waals surface area contributed by atoms with E-state index in [1.165, 1.54) is 0 Å². The number of benzene rings is 2. The highest BCUT2D eigenvalue weighted by Gasteiger charge is 2.30. The summed E-state index contributed by atoms with van der Waals surface area (Å²) in [5.74, 6) is -0.0527. The second-order valence-corrected chi connectivity index (χ2v) is 5.66. The van der Waals surface area contributed by atoms with Gasteiger partial charge in [0.15, 0.2) is 0 Å². The van der Waals surface area contributed by atoms with Crippen LogP contribution in [0.15, 0.2) is 46.9 Å². The first-order valence-electron chi connectivity index (χ1n) is 5.76. The van der Waals surface area contributed by atoms with Crippen LogP contribution in [0.1, 0.15) is 11.6 Å². The molecule has 1 amide bonds. The molecule has 0 saturated carbocycles. The Balaban J connectivity index is 1.91. The van der Waals surface area contributed by atoms with Gasteiger partial charge in [0, 0.05) is 26.4 Å². The molecule has 0 spiro atoms. The fraction of sp³-hybridized carbons (Fsp3) is 0.0714. The fourth-order valence-corrected chi connectivity index (χ4v) is 2.59. The van der Waals surface area contributed by atoms with Crippen molar-refractivity contribution in [3.8, 4) is 0 Å². The third-order valence-electron chi connectivity index (χ3n) is 3.00. The van der Waals surface area contributed by atoms with Gasteiger partial charge in [-0.1, -0.05) is 27.5 Å². The van der Waals surface area contributed by atoms with Crippen molar-refractivity contribution in [2.45, 2.75) is 6.04 Å². The number of nitrogens with one attached hydrogen (secondary N) is 2. The molecule has 2 N–H and O–H groups in total. The molecule has 1 atom stereocenters. The van der Waals surface area contributed by atoms with Crippen molar-refractivity contribution in [2.24, 2.45) is 0 Å². The molecule has 3 rings (SSSR count). The van der Waals surface area contributed by atoms with Crippen LogP contribution in [0, 0.1) is 0 Å². The maximum Gasteiger partial charge on any atom is 0.251 e. The molecular formula is C14H10BrClN2O. The number of halogens is 2. The number of hydrogen-bond acceptors (Lipinski definition) is 2. The van der Waals surface area contributed by atoms with E-state index >= 15 is 0 Å². The van der Waals surface area contributed by atoms with E-state index in [0.717, 1.165) is 21.4 Å². The van der Waals surface area contributed by atoms with Gasteiger partial charge in [-0.05, 0) is 42.5 Å². The Hall–Kier alpha value is -1.52. The van der Waals surface area contributed by atoms with E-state index in [9.17, 15) is 4.79 Å². The fourth-order valence-electron chi connectivity index (χ4n) is 2.09. The van der Waals surface area contributed by atoms with Gasteiger partial charge < -0.3 is 10.6 Å². The Bertz CT molecular complexity index is 642. The summed E-state index contributed by atoms with van der Waals surface area (Å²) in [6.07, 6.45) is 0. The Labute approximate surface area is 124 Å². The van der Waals surface area contributed by atoms with E-state index in [1.807, 2.05) is 30.3 Å². The molecule has 0 fully saturated rings. The van der Waals surface area contributed by atoms with Gasteiger partial charge >= 0.3 is 0 Å². The number of carbonyl (C=O) groups excluding carboxylic acids is 1. The smallest absolute Gasteiger partial charge is 0.251 e. The van der Waals surface area contributed by atoms with Crippen molar-refractivity contribution >= 4 is 44.8 Å². The highest BCUT2D eigenvalue weighted by atomic mass is 79.9. The molecule has 19 heavy (non-hydrogen) atoms. The van der Waals surface area contributed by atoms with Crippen molar-refractivity contribution in [1.82, 2.24) is 0 Å². The summed E-state index contributed by atoms with van der Waals surface area (Å²) in [6.45, 7) is 0. The van der Waals surface area contributed by atoms with Crippen LogP contribution in [0.3, 0.4) is 0 Å². The molecule has 1 aliphatic rings. The van der Waals surface area contributed by atoms with E-state index < -0.39 is 0 Å². The molecule has 96 valence electrons. The minimum absolute atomic E-state index is 0.0527. The molecule has 1 heterocycles. The molecule has 1 aliphatic heterocycles. The van der Waals surface area contributed by atoms with Crippen LogP contribution >= 0.6 is 27.5 Å². The summed E-state index contributed by atoms with van der Waals surface area (Å²) in [6, 6.07) is 12.6. The van der Waals surface area contributed by atoms with Gasteiger partial charge in [-0.2, -0.15) is 0 Å². The second kappa shape index (κ2) is 4.87. The lowest BCUT2D eigenvalue weighted by molar-refractivity contribution is -0.116. The van der Waals surface area contributed by atoms with E-state index in [4.69, 9.17) is 11.6 Å². The maximum atomic E-state index is 12.0. The van der Waals surface area contributed by atoms with Crippen molar-refractivity contribution in [2.75, 3.05) is 10.6 Å². The van der Waals surface area contributed by atoms with Crippen LogP contribution in [0.2, 0.25) is 5.02 Å². The minimum atomic E-state index is -0.381. The first-order valence-corrected chi connectivity index (χ1v) is 6.93. The Morgan fingerprint density at radius 1 is 1.16 bits per heavy atom. The molecule has 2 aromatic rings. The van der Waals surface area contributed by atoms with Crippen LogP contribution < -0.4 is 10.6 Å². The molecule has 0 aromatic heterocycles.